The highest BCUT2D eigenvalue weighted by Crippen LogP contribution is 2.23. The molecular weight excluding hydrogens is 515 g/mol. The maximum Gasteiger partial charge on any atom is 0.323 e. The van der Waals surface area contributed by atoms with E-state index in [4.69, 9.17) is 16.6 Å². The van der Waals surface area contributed by atoms with Crippen LogP contribution in [0, 0.1) is 5.82 Å². The number of halogens is 1. The second-order valence-electron chi connectivity index (χ2n) is 9.04. The Balaban J connectivity index is 0.000000201. The zero-order chi connectivity index (χ0) is 28.6. The van der Waals surface area contributed by atoms with Gasteiger partial charge < -0.3 is 26.4 Å². The van der Waals surface area contributed by atoms with Crippen LogP contribution in [0.3, 0.4) is 0 Å². The van der Waals surface area contributed by atoms with E-state index in [0.717, 1.165) is 24.2 Å². The molecule has 5 rings (SSSR count). The van der Waals surface area contributed by atoms with Crippen LogP contribution in [0.2, 0.25) is 0 Å². The molecule has 4 aromatic rings. The predicted molar refractivity (Wildman–Crippen MR) is 152 cm³/mol. The summed E-state index contributed by atoms with van der Waals surface area (Å²) in [5.74, 6) is -1.41. The molecule has 3 amide bonds. The fraction of sp³-hybridized carbons (Fsp3) is 0.172. The maximum atomic E-state index is 12.8. The van der Waals surface area contributed by atoms with Gasteiger partial charge in [0.25, 0.3) is 5.91 Å². The molecule has 11 heteroatoms. The number of para-hydroxylation sites is 1. The minimum atomic E-state index is -1.09. The molecule has 0 saturated carbocycles. The number of carbonyl (C=O) groups is 3. The van der Waals surface area contributed by atoms with E-state index in [1.807, 2.05) is 0 Å². The Morgan fingerprint density at radius 1 is 0.925 bits per heavy atom. The van der Waals surface area contributed by atoms with Crippen LogP contribution in [-0.4, -0.2) is 65.6 Å². The number of urea groups is 1. The minimum absolute atomic E-state index is 0.237. The molecule has 1 aromatic heterocycles. The van der Waals surface area contributed by atoms with Crippen molar-refractivity contribution in [2.45, 2.75) is 0 Å². The monoisotopic (exact) mass is 544 g/mol. The fourth-order valence-corrected chi connectivity index (χ4v) is 4.34. The molecule has 0 bridgehead atoms. The molecule has 0 spiro atoms. The number of anilines is 3. The zero-order valence-electron chi connectivity index (χ0n) is 21.6. The smallest absolute Gasteiger partial charge is 0.323 e. The van der Waals surface area contributed by atoms with Crippen LogP contribution in [0.15, 0.2) is 85.1 Å². The average molecular weight is 545 g/mol. The number of carbonyl (C=O) groups excluding carboxylic acids is 2. The van der Waals surface area contributed by atoms with Crippen molar-refractivity contribution in [2.75, 3.05) is 48.3 Å². The second-order valence-corrected chi connectivity index (χ2v) is 9.04. The van der Waals surface area contributed by atoms with Gasteiger partial charge in [0, 0.05) is 54.7 Å². The van der Waals surface area contributed by atoms with Crippen LogP contribution in [-0.2, 0) is 4.79 Å². The number of piperazine rings is 1. The van der Waals surface area contributed by atoms with Gasteiger partial charge >= 0.3 is 12.0 Å². The van der Waals surface area contributed by atoms with Crippen molar-refractivity contribution in [3.8, 4) is 0 Å². The largest absolute Gasteiger partial charge is 0.480 e. The molecule has 40 heavy (non-hydrogen) atoms. The molecule has 1 aliphatic heterocycles. The van der Waals surface area contributed by atoms with Crippen molar-refractivity contribution >= 4 is 45.9 Å². The third kappa shape index (κ3) is 6.81. The normalized spacial score (nSPS) is 12.8. The molecule has 0 aliphatic carbocycles. The molecule has 2 heterocycles. The maximum absolute atomic E-state index is 12.8. The van der Waals surface area contributed by atoms with Crippen molar-refractivity contribution in [3.63, 3.8) is 0 Å². The number of nitrogens with zero attached hydrogens (tertiary/aromatic N) is 4. The number of benzene rings is 3. The van der Waals surface area contributed by atoms with Gasteiger partial charge in [0.15, 0.2) is 0 Å². The lowest BCUT2D eigenvalue weighted by Crippen LogP contribution is -2.50. The molecule has 3 aromatic carbocycles. The average Bonchev–Trinajstić information content (AvgIpc) is 2.97. The first-order valence-electron chi connectivity index (χ1n) is 12.5. The van der Waals surface area contributed by atoms with Gasteiger partial charge in [0.2, 0.25) is 0 Å². The molecule has 0 atom stereocenters. The Kier molecular flexibility index (Phi) is 8.75. The summed E-state index contributed by atoms with van der Waals surface area (Å²) in [6.07, 6.45) is 1.60. The van der Waals surface area contributed by atoms with E-state index in [0.29, 0.717) is 35.5 Å². The highest BCUT2D eigenvalue weighted by molar-refractivity contribution is 6.10. The zero-order valence-corrected chi connectivity index (χ0v) is 21.6. The van der Waals surface area contributed by atoms with Crippen LogP contribution in [0.5, 0.6) is 0 Å². The van der Waals surface area contributed by atoms with Gasteiger partial charge in [-0.05, 0) is 60.0 Å². The summed E-state index contributed by atoms with van der Waals surface area (Å²) in [5.41, 5.74) is 12.9. The van der Waals surface area contributed by atoms with E-state index in [-0.39, 0.29) is 11.8 Å². The lowest BCUT2D eigenvalue weighted by atomic mass is 10.1. The number of fused-ring (bicyclic) bond motifs is 1. The van der Waals surface area contributed by atoms with Crippen molar-refractivity contribution < 1.29 is 23.9 Å². The number of carboxylic acids is 1. The Hall–Kier alpha value is -5.19. The molecule has 1 aliphatic rings. The fourth-order valence-electron chi connectivity index (χ4n) is 4.34. The van der Waals surface area contributed by atoms with E-state index in [2.05, 4.69) is 9.88 Å². The van der Waals surface area contributed by atoms with E-state index < -0.39 is 18.4 Å². The number of amides is 3. The van der Waals surface area contributed by atoms with Crippen LogP contribution >= 0.6 is 0 Å². The van der Waals surface area contributed by atoms with E-state index in [1.165, 1.54) is 17.0 Å². The lowest BCUT2D eigenvalue weighted by Gasteiger charge is -2.35. The van der Waals surface area contributed by atoms with E-state index in [9.17, 15) is 18.8 Å². The summed E-state index contributed by atoms with van der Waals surface area (Å²) >= 11 is 0. The number of carboxylic acid groups (broad SMARTS) is 1. The summed E-state index contributed by atoms with van der Waals surface area (Å²) < 4.78 is 12.7. The van der Waals surface area contributed by atoms with Crippen LogP contribution in [0.4, 0.5) is 26.4 Å². The van der Waals surface area contributed by atoms with Crippen LogP contribution in [0.25, 0.3) is 10.8 Å². The number of hydrogen-bond acceptors (Lipinski definition) is 6. The second kappa shape index (κ2) is 12.6. The van der Waals surface area contributed by atoms with E-state index in [1.54, 1.807) is 77.8 Å². The van der Waals surface area contributed by atoms with Gasteiger partial charge in [0.1, 0.15) is 18.2 Å². The minimum Gasteiger partial charge on any atom is -0.480 e. The number of nitrogen functional groups attached to an aromatic ring is 1. The third-order valence-electron chi connectivity index (χ3n) is 6.43. The summed E-state index contributed by atoms with van der Waals surface area (Å²) in [4.78, 5) is 43.9. The number of primary amides is 1. The quantitative estimate of drug-likeness (QED) is 0.348. The third-order valence-corrected chi connectivity index (χ3v) is 6.43. The van der Waals surface area contributed by atoms with Crippen LogP contribution in [0.1, 0.15) is 10.4 Å². The van der Waals surface area contributed by atoms with Gasteiger partial charge in [-0.2, -0.15) is 0 Å². The topological polar surface area (TPSA) is 146 Å². The molecule has 206 valence electrons. The summed E-state index contributed by atoms with van der Waals surface area (Å²) in [6.45, 7) is 2.27. The first-order chi connectivity index (χ1) is 19.2. The van der Waals surface area contributed by atoms with Gasteiger partial charge in [-0.25, -0.2) is 14.2 Å². The van der Waals surface area contributed by atoms with Crippen molar-refractivity contribution in [2.24, 2.45) is 5.73 Å². The number of aliphatic carboxylic acids is 1. The predicted octanol–water partition coefficient (Wildman–Crippen LogP) is 3.57. The standard InChI is InChI=1S/C18H15N3O3.C11H14FN3O/c19-17-15-10-13(7-6-12(15)8-9-20-17)18(24)21(11-16(22)23)14-4-2-1-3-5-14;12-9-1-3-10(4-2-9)14-5-7-15(8-6-14)11(13)16/h1-10H,11H2,(H2,19,20)(H,22,23);1-4H,5-8H2,(H2,13,16). The molecule has 10 nitrogen and oxygen atoms in total. The number of hydrogen-bond donors (Lipinski definition) is 3. The Bertz CT molecular complexity index is 1490. The number of pyridine rings is 1. The first kappa shape index (κ1) is 27.8. The summed E-state index contributed by atoms with van der Waals surface area (Å²) in [5, 5.41) is 10.7. The molecule has 1 fully saturated rings. The van der Waals surface area contributed by atoms with Gasteiger partial charge in [0.05, 0.1) is 0 Å². The van der Waals surface area contributed by atoms with Gasteiger partial charge in [-0.1, -0.05) is 24.3 Å². The summed E-state index contributed by atoms with van der Waals surface area (Å²) in [6, 6.07) is 21.5. The number of aromatic nitrogens is 1. The Morgan fingerprint density at radius 2 is 1.60 bits per heavy atom. The summed E-state index contributed by atoms with van der Waals surface area (Å²) in [7, 11) is 0. The van der Waals surface area contributed by atoms with Gasteiger partial charge in [-0.3, -0.25) is 14.5 Å². The molecular formula is C29H29FN6O4. The number of nitrogens with two attached hydrogens (primary N) is 2. The Labute approximate surface area is 230 Å². The van der Waals surface area contributed by atoms with Crippen molar-refractivity contribution in [3.05, 3.63) is 96.4 Å². The van der Waals surface area contributed by atoms with Crippen molar-refractivity contribution in [1.29, 1.82) is 0 Å². The first-order valence-corrected chi connectivity index (χ1v) is 12.5. The highest BCUT2D eigenvalue weighted by atomic mass is 19.1. The highest BCUT2D eigenvalue weighted by Gasteiger charge is 2.21. The van der Waals surface area contributed by atoms with Crippen molar-refractivity contribution in [1.82, 2.24) is 9.88 Å². The van der Waals surface area contributed by atoms with Crippen LogP contribution < -0.4 is 21.3 Å². The van der Waals surface area contributed by atoms with Gasteiger partial charge in [-0.15, -0.1) is 0 Å². The molecule has 5 N–H and O–H groups in total. The lowest BCUT2D eigenvalue weighted by molar-refractivity contribution is -0.135. The number of rotatable bonds is 5. The Morgan fingerprint density at radius 3 is 2.23 bits per heavy atom. The SMILES string of the molecule is NC(=O)N1CCN(c2ccc(F)cc2)CC1.Nc1nccc2ccc(C(=O)N(CC(=O)O)c3ccccc3)cc12. The molecule has 0 unspecified atom stereocenters. The molecule has 1 saturated heterocycles. The van der Waals surface area contributed by atoms with E-state index >= 15 is 0 Å². The molecule has 0 radical (unpaired) electrons.